The minimum Gasteiger partial charge on any atom is -0.433 e. The maximum absolute atomic E-state index is 10.8. The van der Waals surface area contributed by atoms with Crippen molar-refractivity contribution in [2.75, 3.05) is 33.9 Å². The number of non-ortho nitro benzene ring substituents is 2. The number of aromatic nitrogens is 3. The van der Waals surface area contributed by atoms with E-state index in [0.29, 0.717) is 57.9 Å². The third-order valence-electron chi connectivity index (χ3n) is 6.99. The first kappa shape index (κ1) is 38.9. The van der Waals surface area contributed by atoms with E-state index in [1.54, 1.807) is 31.1 Å². The molecule has 2 saturated heterocycles. The zero-order valence-electron chi connectivity index (χ0n) is 27.1. The molecule has 20 nitrogen and oxygen atoms in total. The van der Waals surface area contributed by atoms with Crippen LogP contribution >= 0.6 is 0 Å². The van der Waals surface area contributed by atoms with Crippen molar-refractivity contribution in [3.8, 4) is 0 Å². The van der Waals surface area contributed by atoms with Crippen molar-refractivity contribution >= 4 is 95.6 Å². The number of hydrogen-bond acceptors (Lipinski definition) is 18. The summed E-state index contributed by atoms with van der Waals surface area (Å²) in [6, 6.07) is 13.8. The van der Waals surface area contributed by atoms with Gasteiger partial charge >= 0.3 is 28.2 Å². The monoisotopic (exact) mass is 725 g/mol. The summed E-state index contributed by atoms with van der Waals surface area (Å²) in [5.74, 6) is 1.32. The molecule has 8 rings (SSSR count). The van der Waals surface area contributed by atoms with Crippen molar-refractivity contribution in [1.29, 1.82) is 1.45 Å². The predicted octanol–water partition coefficient (Wildman–Crippen LogP) is 4.27. The summed E-state index contributed by atoms with van der Waals surface area (Å²) in [6.45, 7) is 4.32. The van der Waals surface area contributed by atoms with Gasteiger partial charge in [0.1, 0.15) is 0 Å². The topological polar surface area (TPSA) is 283 Å². The molecule has 2 aliphatic heterocycles. The molecule has 2 fully saturated rings. The van der Waals surface area contributed by atoms with E-state index in [4.69, 9.17) is 43.4 Å². The Morgan fingerprint density at radius 1 is 0.788 bits per heavy atom. The lowest BCUT2D eigenvalue weighted by molar-refractivity contribution is -0.384. The Kier molecular flexibility index (Phi) is 12.6. The number of nitrogen functional groups attached to an aromatic ring is 1. The minimum atomic E-state index is -0.812. The van der Waals surface area contributed by atoms with Crippen LogP contribution in [0.3, 0.4) is 0 Å². The number of nitrogens with one attached hydrogen (secondary N) is 2. The highest BCUT2D eigenvalue weighted by Gasteiger charge is 2.51. The number of rotatable bonds is 9. The van der Waals surface area contributed by atoms with Gasteiger partial charge in [0.2, 0.25) is 0 Å². The molecule has 6 N–H and O–H groups in total. The fourth-order valence-corrected chi connectivity index (χ4v) is 4.68. The summed E-state index contributed by atoms with van der Waals surface area (Å²) in [6.07, 6.45) is 0. The number of anilines is 4. The maximum Gasteiger partial charge on any atom is 0.431 e. The Bertz CT molecular complexity index is 2140. The standard InChI is InChI=1S/C9H7B2N3O5.C8H8BN3O4.C8H10BN3O2.2CH4.FH/c15-14(16)6-1-2-8-7(3-6)9(12-19-8)13(10-4-17-10)11-5-18-11;1-9(13)10-8-6-4-5(12(14)15)2-3-7(6)16-11-8;1-9(13)11-8-6-4-5(10)2-3-7(6)14-12-8;;;/h1-3H,4-5H2;2-4,13H,1H3,(H,10,11);2-4,13H,10H2,1H3,(H,11,12);2*1H4;1H/i/hT. The Morgan fingerprint density at radius 2 is 1.19 bits per heavy atom. The molecule has 0 atom stereocenters. The number of hydrogen-bond donors (Lipinski definition) is 5. The Hall–Kier alpha value is -5.90. The van der Waals surface area contributed by atoms with Gasteiger partial charge in [0.25, 0.3) is 12.8 Å². The second-order valence-electron chi connectivity index (χ2n) is 10.8. The highest BCUT2D eigenvalue weighted by Crippen LogP contribution is 2.34. The van der Waals surface area contributed by atoms with Crippen LogP contribution < -0.4 is 20.9 Å². The van der Waals surface area contributed by atoms with Crippen molar-refractivity contribution in [2.45, 2.75) is 28.5 Å². The lowest BCUT2D eigenvalue weighted by atomic mass is 9.76. The molecule has 0 radical (unpaired) electrons. The van der Waals surface area contributed by atoms with E-state index >= 15 is 0 Å². The van der Waals surface area contributed by atoms with Crippen LogP contribution in [0, 0.1) is 20.2 Å². The molecule has 0 unspecified atom stereocenters. The van der Waals surface area contributed by atoms with Crippen LogP contribution in [0.4, 0.5) is 39.2 Å². The zero-order chi connectivity index (χ0) is 36.8. The van der Waals surface area contributed by atoms with E-state index < -0.39 is 23.9 Å². The summed E-state index contributed by atoms with van der Waals surface area (Å²) < 4.78 is 40.5. The Balaban J connectivity index is 0.000000208. The third kappa shape index (κ3) is 9.25. The number of nitrogens with two attached hydrogens (primary N) is 1. The molecule has 0 saturated carbocycles. The van der Waals surface area contributed by atoms with E-state index in [1.807, 2.05) is 4.72 Å². The van der Waals surface area contributed by atoms with Crippen molar-refractivity contribution in [3.05, 3.63) is 74.8 Å². The summed E-state index contributed by atoms with van der Waals surface area (Å²) in [5.41, 5.74) is 7.78. The average Bonchev–Trinajstić information content (AvgIpc) is 4.02. The normalized spacial score (nSPS) is 12.3. The van der Waals surface area contributed by atoms with Crippen molar-refractivity contribution in [2.24, 2.45) is 0 Å². The lowest BCUT2D eigenvalue weighted by Gasteiger charge is -2.13. The maximum atomic E-state index is 10.8. The van der Waals surface area contributed by atoms with E-state index in [9.17, 15) is 20.2 Å². The van der Waals surface area contributed by atoms with Gasteiger partial charge in [-0.1, -0.05) is 30.3 Å². The number of nitro groups is 2. The van der Waals surface area contributed by atoms with Crippen LogP contribution in [0.1, 0.15) is 14.9 Å². The van der Waals surface area contributed by atoms with Crippen LogP contribution in [-0.2, 0) is 9.31 Å². The van der Waals surface area contributed by atoms with Crippen molar-refractivity contribution in [1.82, 2.24) is 15.5 Å². The lowest BCUT2D eigenvalue weighted by Crippen LogP contribution is -2.37. The molecule has 2 aliphatic rings. The first-order valence-corrected chi connectivity index (χ1v) is 14.6. The first-order valence-electron chi connectivity index (χ1n) is 15.0. The third-order valence-corrected chi connectivity index (χ3v) is 6.99. The quantitative estimate of drug-likeness (QED) is 0.0457. The number of fused-ring (bicyclic) bond motifs is 3. The van der Waals surface area contributed by atoms with Crippen LogP contribution in [0.5, 0.6) is 0 Å². The second kappa shape index (κ2) is 16.9. The van der Waals surface area contributed by atoms with Gasteiger partial charge in [-0.15, -0.1) is 0 Å². The smallest absolute Gasteiger partial charge is 0.431 e. The van der Waals surface area contributed by atoms with Gasteiger partial charge in [0.05, 0.1) is 39.0 Å². The molecular formula is C27H34B4FN9O11. The molecule has 52 heavy (non-hydrogen) atoms. The largest absolute Gasteiger partial charge is 0.433 e. The number of nitro benzene ring substituents is 2. The zero-order valence-corrected chi connectivity index (χ0v) is 26.1. The van der Waals surface area contributed by atoms with Gasteiger partial charge < -0.3 is 53.8 Å². The average molecular weight is 725 g/mol. The van der Waals surface area contributed by atoms with Crippen LogP contribution in [0.2, 0.25) is 13.6 Å². The summed E-state index contributed by atoms with van der Waals surface area (Å²) in [4.78, 5) is 20.5. The minimum absolute atomic E-state index is 0. The first-order chi connectivity index (χ1) is 24.5. The summed E-state index contributed by atoms with van der Waals surface area (Å²) in [7, 11) is -1.66. The van der Waals surface area contributed by atoms with Gasteiger partial charge in [-0.2, -0.15) is 0 Å². The van der Waals surface area contributed by atoms with Crippen LogP contribution in [0.25, 0.3) is 32.9 Å². The molecule has 6 aromatic rings. The van der Waals surface area contributed by atoms with E-state index in [2.05, 4.69) is 27.4 Å². The molecular weight excluding hydrogens is 689 g/mol. The van der Waals surface area contributed by atoms with E-state index in [0.717, 1.165) is 5.39 Å². The highest BCUT2D eigenvalue weighted by atomic mass is 19.0. The molecule has 272 valence electrons. The van der Waals surface area contributed by atoms with Crippen molar-refractivity contribution < 1.29 is 47.5 Å². The fraction of sp³-hybridized carbons (Fsp3) is 0.222. The molecule has 3 aromatic heterocycles. The van der Waals surface area contributed by atoms with Crippen molar-refractivity contribution in [3.63, 3.8) is 0 Å². The van der Waals surface area contributed by atoms with Crippen LogP contribution in [-0.4, -0.2) is 78.0 Å². The molecule has 0 amide bonds. The van der Waals surface area contributed by atoms with E-state index in [1.165, 1.54) is 37.2 Å². The van der Waals surface area contributed by atoms with Gasteiger partial charge in [0, 0.05) is 30.0 Å². The predicted molar refractivity (Wildman–Crippen MR) is 197 cm³/mol. The molecule has 0 spiro atoms. The Labute approximate surface area is 297 Å². The Morgan fingerprint density at radius 3 is 1.63 bits per heavy atom. The SMILES string of the molecule is C.C.CB(O)Nc1noc2ccc(N)cc12.CB(O)Nc1noc2ccc([N+](=O)[O-])cc12.O=[N+]([O-])c1ccc2onc(N(B3CO3)B3CO3)c2c1.[3H]F. The second-order valence-corrected chi connectivity index (χ2v) is 10.8. The highest BCUT2D eigenvalue weighted by molar-refractivity contribution is 6.84. The summed E-state index contributed by atoms with van der Waals surface area (Å²) in [5, 5.41) is 58.3. The summed E-state index contributed by atoms with van der Waals surface area (Å²) >= 11 is 0. The number of nitrogens with zero attached hydrogens (tertiary/aromatic N) is 6. The van der Waals surface area contributed by atoms with Gasteiger partial charge in [-0.25, -0.2) is 0 Å². The van der Waals surface area contributed by atoms with Gasteiger partial charge in [0.15, 0.2) is 34.2 Å². The molecule has 3 aromatic carbocycles. The van der Waals surface area contributed by atoms with Gasteiger partial charge in [-0.3, -0.25) is 24.9 Å². The number of benzene rings is 3. The van der Waals surface area contributed by atoms with Crippen LogP contribution in [0.15, 0.2) is 68.2 Å². The number of halogens is 1. The fourth-order valence-electron chi connectivity index (χ4n) is 4.68. The molecule has 25 heteroatoms. The molecule has 0 bridgehead atoms. The molecule has 0 aliphatic carbocycles. The molecule has 5 heterocycles. The van der Waals surface area contributed by atoms with E-state index in [-0.39, 0.29) is 46.1 Å². The van der Waals surface area contributed by atoms with Gasteiger partial charge in [-0.05, 0) is 44.0 Å².